The Labute approximate surface area is 150 Å². The van der Waals surface area contributed by atoms with E-state index in [1.54, 1.807) is 13.1 Å². The second kappa shape index (κ2) is 6.37. The molecule has 0 atom stereocenters. The van der Waals surface area contributed by atoms with Crippen molar-refractivity contribution < 1.29 is 4.79 Å². The first-order valence-corrected chi connectivity index (χ1v) is 8.60. The summed E-state index contributed by atoms with van der Waals surface area (Å²) >= 11 is 6.09. The lowest BCUT2D eigenvalue weighted by Crippen LogP contribution is -2.48. The monoisotopic (exact) mass is 355 g/mol. The van der Waals surface area contributed by atoms with Crippen LogP contribution >= 0.6 is 11.6 Å². The molecule has 6 nitrogen and oxygen atoms in total. The van der Waals surface area contributed by atoms with E-state index in [9.17, 15) is 4.79 Å². The number of anilines is 1. The maximum absolute atomic E-state index is 11.5. The Bertz CT molecular complexity index is 930. The highest BCUT2D eigenvalue weighted by molar-refractivity contribution is 6.31. The van der Waals surface area contributed by atoms with Gasteiger partial charge in [-0.1, -0.05) is 17.7 Å². The predicted molar refractivity (Wildman–Crippen MR) is 98.8 cm³/mol. The molecule has 0 saturated carbocycles. The molecule has 1 fully saturated rings. The Morgan fingerprint density at radius 3 is 2.80 bits per heavy atom. The minimum Gasteiger partial charge on any atom is -0.353 e. The van der Waals surface area contributed by atoms with Crippen LogP contribution in [0.25, 0.3) is 22.3 Å². The Balaban J connectivity index is 1.63. The molecular formula is C18H18ClN5O. The van der Waals surface area contributed by atoms with E-state index in [4.69, 9.17) is 16.6 Å². The number of piperazine rings is 1. The summed E-state index contributed by atoms with van der Waals surface area (Å²) in [5.41, 5.74) is 2.65. The third-order valence-corrected chi connectivity index (χ3v) is 4.76. The van der Waals surface area contributed by atoms with Crippen LogP contribution in [-0.4, -0.2) is 51.9 Å². The number of hydrogen-bond donors (Lipinski definition) is 1. The number of H-pyrrole nitrogens is 1. The molecule has 0 unspecified atom stereocenters. The lowest BCUT2D eigenvalue weighted by molar-refractivity contribution is -0.129. The molecule has 0 aromatic carbocycles. The quantitative estimate of drug-likeness (QED) is 0.767. The van der Waals surface area contributed by atoms with Gasteiger partial charge in [0.15, 0.2) is 0 Å². The number of hydrogen-bond acceptors (Lipinski definition) is 4. The summed E-state index contributed by atoms with van der Waals surface area (Å²) in [5.74, 6) is 1.05. The smallest absolute Gasteiger partial charge is 0.219 e. The number of aromatic nitrogens is 3. The van der Waals surface area contributed by atoms with Crippen LogP contribution in [0.15, 0.2) is 36.7 Å². The van der Waals surface area contributed by atoms with Gasteiger partial charge in [-0.05, 0) is 18.2 Å². The van der Waals surface area contributed by atoms with E-state index in [0.29, 0.717) is 5.02 Å². The van der Waals surface area contributed by atoms with E-state index in [1.807, 2.05) is 35.4 Å². The molecule has 1 amide bonds. The average molecular weight is 356 g/mol. The van der Waals surface area contributed by atoms with Crippen molar-refractivity contribution in [2.75, 3.05) is 31.1 Å². The molecule has 3 aromatic heterocycles. The van der Waals surface area contributed by atoms with Crippen molar-refractivity contribution in [3.8, 4) is 11.3 Å². The van der Waals surface area contributed by atoms with Crippen molar-refractivity contribution in [1.29, 1.82) is 0 Å². The van der Waals surface area contributed by atoms with Crippen LogP contribution in [0.3, 0.4) is 0 Å². The van der Waals surface area contributed by atoms with Crippen LogP contribution in [0.1, 0.15) is 6.92 Å². The molecule has 1 saturated heterocycles. The van der Waals surface area contributed by atoms with Crippen molar-refractivity contribution in [3.05, 3.63) is 41.7 Å². The number of aromatic amines is 1. The zero-order chi connectivity index (χ0) is 17.4. The van der Waals surface area contributed by atoms with Gasteiger partial charge in [0.2, 0.25) is 5.91 Å². The molecule has 0 aliphatic carbocycles. The standard InChI is InChI=1S/C18H18ClN5O/c1-12(25)23-5-7-24(8-6-23)17-4-2-3-16(22-17)15-11-21-18-14(15)9-13(19)10-20-18/h2-4,9-11H,5-8H2,1H3,(H,20,21). The first-order chi connectivity index (χ1) is 12.1. The number of pyridine rings is 2. The third kappa shape index (κ3) is 3.05. The van der Waals surface area contributed by atoms with Crippen molar-refractivity contribution in [1.82, 2.24) is 19.9 Å². The predicted octanol–water partition coefficient (Wildman–Crippen LogP) is 2.95. The Morgan fingerprint density at radius 2 is 2.04 bits per heavy atom. The largest absolute Gasteiger partial charge is 0.353 e. The normalized spacial score (nSPS) is 15.0. The summed E-state index contributed by atoms with van der Waals surface area (Å²) in [6.45, 7) is 4.65. The van der Waals surface area contributed by atoms with Gasteiger partial charge in [0.05, 0.1) is 10.7 Å². The van der Waals surface area contributed by atoms with E-state index in [2.05, 4.69) is 14.9 Å². The SMILES string of the molecule is CC(=O)N1CCN(c2cccc(-c3c[nH]c4ncc(Cl)cc34)n2)CC1. The molecule has 4 heterocycles. The second-order valence-corrected chi connectivity index (χ2v) is 6.56. The van der Waals surface area contributed by atoms with Crippen molar-refractivity contribution in [2.24, 2.45) is 0 Å². The second-order valence-electron chi connectivity index (χ2n) is 6.13. The molecule has 1 N–H and O–H groups in total. The van der Waals surface area contributed by atoms with Gasteiger partial charge in [-0.15, -0.1) is 0 Å². The van der Waals surface area contributed by atoms with E-state index >= 15 is 0 Å². The zero-order valence-electron chi connectivity index (χ0n) is 13.9. The van der Waals surface area contributed by atoms with Gasteiger partial charge < -0.3 is 14.8 Å². The summed E-state index contributed by atoms with van der Waals surface area (Å²) in [6.07, 6.45) is 3.54. The van der Waals surface area contributed by atoms with E-state index in [1.165, 1.54) is 0 Å². The fourth-order valence-corrected chi connectivity index (χ4v) is 3.35. The number of halogens is 1. The molecule has 1 aliphatic rings. The maximum Gasteiger partial charge on any atom is 0.219 e. The topological polar surface area (TPSA) is 65.1 Å². The molecule has 0 radical (unpaired) electrons. The molecule has 7 heteroatoms. The molecule has 0 bridgehead atoms. The summed E-state index contributed by atoms with van der Waals surface area (Å²) in [7, 11) is 0. The Morgan fingerprint density at radius 1 is 1.24 bits per heavy atom. The first kappa shape index (κ1) is 15.9. The van der Waals surface area contributed by atoms with E-state index in [0.717, 1.165) is 54.3 Å². The Hall–Kier alpha value is -2.60. The summed E-state index contributed by atoms with van der Waals surface area (Å²) in [4.78, 5) is 27.8. The van der Waals surface area contributed by atoms with Crippen molar-refractivity contribution in [3.63, 3.8) is 0 Å². The van der Waals surface area contributed by atoms with Gasteiger partial charge >= 0.3 is 0 Å². The van der Waals surface area contributed by atoms with Crippen LogP contribution in [-0.2, 0) is 4.79 Å². The molecule has 1 aliphatic heterocycles. The van der Waals surface area contributed by atoms with Gasteiger partial charge in [-0.3, -0.25) is 4.79 Å². The number of nitrogens with zero attached hydrogens (tertiary/aromatic N) is 4. The highest BCUT2D eigenvalue weighted by Gasteiger charge is 2.20. The lowest BCUT2D eigenvalue weighted by atomic mass is 10.1. The fourth-order valence-electron chi connectivity index (χ4n) is 3.19. The van der Waals surface area contributed by atoms with Crippen LogP contribution < -0.4 is 4.90 Å². The molecule has 128 valence electrons. The van der Waals surface area contributed by atoms with Crippen molar-refractivity contribution >= 4 is 34.4 Å². The Kier molecular flexibility index (Phi) is 4.05. The fraction of sp³-hybridized carbons (Fsp3) is 0.278. The number of nitrogens with one attached hydrogen (secondary N) is 1. The van der Waals surface area contributed by atoms with E-state index < -0.39 is 0 Å². The summed E-state index contributed by atoms with van der Waals surface area (Å²) in [5, 5.41) is 1.56. The summed E-state index contributed by atoms with van der Waals surface area (Å²) < 4.78 is 0. The molecule has 25 heavy (non-hydrogen) atoms. The van der Waals surface area contributed by atoms with Crippen LogP contribution in [0, 0.1) is 0 Å². The lowest BCUT2D eigenvalue weighted by Gasteiger charge is -2.35. The number of carbonyl (C=O) groups is 1. The highest BCUT2D eigenvalue weighted by Crippen LogP contribution is 2.29. The van der Waals surface area contributed by atoms with Crippen LogP contribution in [0.5, 0.6) is 0 Å². The highest BCUT2D eigenvalue weighted by atomic mass is 35.5. The molecule has 3 aromatic rings. The van der Waals surface area contributed by atoms with Gasteiger partial charge in [-0.25, -0.2) is 9.97 Å². The number of carbonyl (C=O) groups excluding carboxylic acids is 1. The first-order valence-electron chi connectivity index (χ1n) is 8.22. The summed E-state index contributed by atoms with van der Waals surface area (Å²) in [6, 6.07) is 7.90. The zero-order valence-corrected chi connectivity index (χ0v) is 14.6. The minimum atomic E-state index is 0.129. The third-order valence-electron chi connectivity index (χ3n) is 4.56. The maximum atomic E-state index is 11.5. The average Bonchev–Trinajstić information content (AvgIpc) is 3.05. The molecule has 0 spiro atoms. The number of rotatable bonds is 2. The van der Waals surface area contributed by atoms with Gasteiger partial charge in [-0.2, -0.15) is 0 Å². The number of fused-ring (bicyclic) bond motifs is 1. The molecule has 4 rings (SSSR count). The van der Waals surface area contributed by atoms with Gasteiger partial charge in [0.1, 0.15) is 11.5 Å². The van der Waals surface area contributed by atoms with Crippen molar-refractivity contribution in [2.45, 2.75) is 6.92 Å². The van der Waals surface area contributed by atoms with Gasteiger partial charge in [0.25, 0.3) is 0 Å². The molecular weight excluding hydrogens is 338 g/mol. The van der Waals surface area contributed by atoms with E-state index in [-0.39, 0.29) is 5.91 Å². The number of amides is 1. The van der Waals surface area contributed by atoms with Crippen LogP contribution in [0.4, 0.5) is 5.82 Å². The van der Waals surface area contributed by atoms with Gasteiger partial charge in [0, 0.05) is 56.4 Å². The van der Waals surface area contributed by atoms with Crippen LogP contribution in [0.2, 0.25) is 5.02 Å². The minimum absolute atomic E-state index is 0.129.